The van der Waals surface area contributed by atoms with E-state index in [2.05, 4.69) is 51.3 Å². The van der Waals surface area contributed by atoms with Crippen LogP contribution in [0.5, 0.6) is 11.5 Å². The first-order valence-electron chi connectivity index (χ1n) is 12.3. The van der Waals surface area contributed by atoms with Crippen molar-refractivity contribution in [2.75, 3.05) is 0 Å². The summed E-state index contributed by atoms with van der Waals surface area (Å²) in [7, 11) is 0. The molecule has 0 atom stereocenters. The number of aromatic hydroxyl groups is 2. The van der Waals surface area contributed by atoms with Crippen molar-refractivity contribution in [2.24, 2.45) is 10.9 Å². The van der Waals surface area contributed by atoms with Gasteiger partial charge in [-0.1, -0.05) is 65.8 Å². The molecule has 0 unspecified atom stereocenters. The molecule has 0 saturated carbocycles. The molecule has 3 aromatic carbocycles. The van der Waals surface area contributed by atoms with Gasteiger partial charge in [0.2, 0.25) is 0 Å². The third kappa shape index (κ3) is 6.63. The molecule has 0 bridgehead atoms. The van der Waals surface area contributed by atoms with Gasteiger partial charge in [-0.25, -0.2) is 9.97 Å². The maximum atomic E-state index is 9.49. The summed E-state index contributed by atoms with van der Waals surface area (Å²) in [6.07, 6.45) is 1.21. The maximum absolute atomic E-state index is 9.49. The molecule has 8 nitrogen and oxygen atoms in total. The van der Waals surface area contributed by atoms with Gasteiger partial charge in [0.15, 0.2) is 0 Å². The van der Waals surface area contributed by atoms with Gasteiger partial charge in [0.1, 0.15) is 22.5 Å². The van der Waals surface area contributed by atoms with E-state index in [9.17, 15) is 10.2 Å². The van der Waals surface area contributed by atoms with Crippen molar-refractivity contribution in [3.05, 3.63) is 114 Å². The molecule has 8 heteroatoms. The quantitative estimate of drug-likeness (QED) is 0.125. The van der Waals surface area contributed by atoms with Gasteiger partial charge in [0.05, 0.1) is 23.1 Å². The van der Waals surface area contributed by atoms with Gasteiger partial charge in [-0.3, -0.25) is 4.98 Å². The number of oxime groups is 1. The van der Waals surface area contributed by atoms with Crippen LogP contribution in [0.2, 0.25) is 0 Å². The number of aromatic nitrogens is 3. The summed E-state index contributed by atoms with van der Waals surface area (Å²) < 4.78 is 0. The Kier molecular flexibility index (Phi) is 8.60. The smallest absolute Gasteiger partial charge is 0.141 e. The van der Waals surface area contributed by atoms with Crippen LogP contribution in [0.15, 0.2) is 96.2 Å². The second kappa shape index (κ2) is 12.4. The second-order valence-electron chi connectivity index (χ2n) is 8.78. The first-order valence-corrected chi connectivity index (χ1v) is 12.3. The molecule has 0 aliphatic rings. The number of aryl methyl sites for hydroxylation is 2. The molecule has 196 valence electrons. The Labute approximate surface area is 225 Å². The highest BCUT2D eigenvalue weighted by atomic mass is 16.4. The second-order valence-corrected chi connectivity index (χ2v) is 8.78. The fourth-order valence-corrected chi connectivity index (χ4v) is 3.96. The number of nitrogens with zero attached hydrogens (tertiary/aromatic N) is 4. The maximum Gasteiger partial charge on any atom is 0.141 e. The van der Waals surface area contributed by atoms with Crippen LogP contribution in [-0.2, 0) is 6.54 Å². The van der Waals surface area contributed by atoms with E-state index in [-0.39, 0.29) is 11.5 Å². The monoisotopic (exact) mass is 519 g/mol. The number of phenolic OH excluding ortho intramolecular Hbond substituents is 2. The van der Waals surface area contributed by atoms with Crippen LogP contribution in [0, 0.1) is 13.8 Å². The van der Waals surface area contributed by atoms with Gasteiger partial charge in [-0.05, 0) is 49.7 Å². The Morgan fingerprint density at radius 1 is 0.667 bits per heavy atom. The lowest BCUT2D eigenvalue weighted by Gasteiger charge is -2.01. The van der Waals surface area contributed by atoms with E-state index in [1.807, 2.05) is 37.3 Å². The molecule has 0 saturated heterocycles. The number of nitrogens with two attached hydrogens (primary N) is 1. The van der Waals surface area contributed by atoms with Gasteiger partial charge < -0.3 is 21.2 Å². The van der Waals surface area contributed by atoms with E-state index in [0.29, 0.717) is 23.3 Å². The highest BCUT2D eigenvalue weighted by molar-refractivity contribution is 5.88. The molecule has 0 amide bonds. The molecular formula is C31H29N5O3. The molecule has 3 heterocycles. The molecule has 0 fully saturated rings. The van der Waals surface area contributed by atoms with Crippen molar-refractivity contribution in [3.8, 4) is 11.5 Å². The van der Waals surface area contributed by atoms with Gasteiger partial charge >= 0.3 is 0 Å². The molecule has 0 radical (unpaired) electrons. The number of hydrogen-bond donors (Lipinski definition) is 4. The van der Waals surface area contributed by atoms with Crippen molar-refractivity contribution in [1.82, 2.24) is 15.0 Å². The van der Waals surface area contributed by atoms with Crippen LogP contribution in [-0.4, -0.2) is 36.6 Å². The normalized spacial score (nSPS) is 10.7. The summed E-state index contributed by atoms with van der Waals surface area (Å²) in [6.45, 7) is 4.50. The minimum absolute atomic E-state index is 0.121. The topological polar surface area (TPSA) is 138 Å². The minimum Gasteiger partial charge on any atom is -0.506 e. The molecule has 6 rings (SSSR count). The van der Waals surface area contributed by atoms with E-state index >= 15 is 0 Å². The lowest BCUT2D eigenvalue weighted by molar-refractivity contribution is 0.321. The third-order valence-corrected chi connectivity index (χ3v) is 5.94. The number of phenols is 2. The molecule has 0 aliphatic heterocycles. The minimum atomic E-state index is 0.121. The van der Waals surface area contributed by atoms with Crippen molar-refractivity contribution in [1.29, 1.82) is 0 Å². The molecular weight excluding hydrogens is 490 g/mol. The lowest BCUT2D eigenvalue weighted by atomic mass is 10.1. The largest absolute Gasteiger partial charge is 0.506 e. The zero-order chi connectivity index (χ0) is 27.8. The summed E-state index contributed by atoms with van der Waals surface area (Å²) in [5.74, 6) is 0.323. The first kappa shape index (κ1) is 27.0. The summed E-state index contributed by atoms with van der Waals surface area (Å²) in [6, 6.07) is 28.2. The van der Waals surface area contributed by atoms with Crippen molar-refractivity contribution in [3.63, 3.8) is 0 Å². The Balaban J connectivity index is 0.000000136. The average molecular weight is 520 g/mol. The first-order chi connectivity index (χ1) is 18.9. The Morgan fingerprint density at radius 2 is 1.23 bits per heavy atom. The lowest BCUT2D eigenvalue weighted by Crippen LogP contribution is -1.98. The van der Waals surface area contributed by atoms with Crippen LogP contribution in [0.4, 0.5) is 0 Å². The number of benzene rings is 3. The summed E-state index contributed by atoms with van der Waals surface area (Å²) >= 11 is 0. The van der Waals surface area contributed by atoms with E-state index in [4.69, 9.17) is 10.9 Å². The number of fused-ring (bicyclic) bond motifs is 3. The molecule has 6 aromatic rings. The number of para-hydroxylation sites is 3. The third-order valence-electron chi connectivity index (χ3n) is 5.94. The van der Waals surface area contributed by atoms with Crippen molar-refractivity contribution in [2.45, 2.75) is 20.4 Å². The van der Waals surface area contributed by atoms with Crippen LogP contribution in [0.1, 0.15) is 22.6 Å². The molecule has 0 spiro atoms. The SMILES string of the molecule is Cc1ccc2cccc(C)c2n1.NCc1ccc2cccc(O)c2n1.O/N=C/c1ccc2cccc(O)c2n1. The van der Waals surface area contributed by atoms with E-state index in [0.717, 1.165) is 27.7 Å². The van der Waals surface area contributed by atoms with Gasteiger partial charge in [0.25, 0.3) is 0 Å². The van der Waals surface area contributed by atoms with Crippen LogP contribution >= 0.6 is 0 Å². The van der Waals surface area contributed by atoms with E-state index < -0.39 is 0 Å². The highest BCUT2D eigenvalue weighted by Crippen LogP contribution is 2.23. The fourth-order valence-electron chi connectivity index (χ4n) is 3.96. The van der Waals surface area contributed by atoms with Gasteiger partial charge in [-0.15, -0.1) is 0 Å². The Bertz CT molecular complexity index is 1770. The molecule has 5 N–H and O–H groups in total. The molecule has 39 heavy (non-hydrogen) atoms. The molecule has 3 aromatic heterocycles. The predicted molar refractivity (Wildman–Crippen MR) is 155 cm³/mol. The van der Waals surface area contributed by atoms with Crippen LogP contribution < -0.4 is 5.73 Å². The van der Waals surface area contributed by atoms with Crippen LogP contribution in [0.3, 0.4) is 0 Å². The predicted octanol–water partition coefficient (Wildman–Crippen LogP) is 6.00. The zero-order valence-corrected chi connectivity index (χ0v) is 21.7. The fraction of sp³-hybridized carbons (Fsp3) is 0.0968. The zero-order valence-electron chi connectivity index (χ0n) is 21.7. The molecule has 0 aliphatic carbocycles. The summed E-state index contributed by atoms with van der Waals surface area (Å²) in [5.41, 5.74) is 11.3. The van der Waals surface area contributed by atoms with E-state index in [1.165, 1.54) is 17.2 Å². The highest BCUT2D eigenvalue weighted by Gasteiger charge is 2.02. The average Bonchev–Trinajstić information content (AvgIpc) is 2.95. The number of hydrogen-bond acceptors (Lipinski definition) is 8. The van der Waals surface area contributed by atoms with Gasteiger partial charge in [0, 0.05) is 28.4 Å². The van der Waals surface area contributed by atoms with Crippen molar-refractivity contribution < 1.29 is 15.4 Å². The standard InChI is InChI=1S/C11H11N.C10H8N2O2.C10H10N2O/c1-8-4-3-5-10-7-6-9(2)12-11(8)10;13-9-3-1-2-7-4-5-8(6-11-14)12-10(7)9;11-6-8-5-4-7-2-1-3-9(13)10(7)12-8/h3-7H,1-2H3;1-6,13-14H;1-5,13H,6,11H2/b;11-6+;. The van der Waals surface area contributed by atoms with E-state index in [1.54, 1.807) is 36.4 Å². The summed E-state index contributed by atoms with van der Waals surface area (Å²) in [4.78, 5) is 12.8. The number of pyridine rings is 3. The Morgan fingerprint density at radius 3 is 1.87 bits per heavy atom. The summed E-state index contributed by atoms with van der Waals surface area (Å²) in [5, 5.41) is 33.2. The number of rotatable bonds is 2. The van der Waals surface area contributed by atoms with Crippen LogP contribution in [0.25, 0.3) is 32.7 Å². The van der Waals surface area contributed by atoms with Gasteiger partial charge in [-0.2, -0.15) is 0 Å². The Hall–Kier alpha value is -5.08. The van der Waals surface area contributed by atoms with Crippen molar-refractivity contribution >= 4 is 38.9 Å².